The third-order valence-electron chi connectivity index (χ3n) is 2.76. The molecule has 1 heterocycles. The molecule has 0 radical (unpaired) electrons. The van der Waals surface area contributed by atoms with Gasteiger partial charge in [-0.15, -0.1) is 0 Å². The van der Waals surface area contributed by atoms with E-state index in [0.717, 1.165) is 0 Å². The fourth-order valence-electron chi connectivity index (χ4n) is 2.00. The number of nitrogens with one attached hydrogen (secondary N) is 1. The maximum atomic E-state index is 11.2. The lowest BCUT2D eigenvalue weighted by molar-refractivity contribution is -0.147. The Hall–Kier alpha value is -1.14. The van der Waals surface area contributed by atoms with E-state index in [1.165, 1.54) is 0 Å². The van der Waals surface area contributed by atoms with Crippen molar-refractivity contribution < 1.29 is 19.5 Å². The van der Waals surface area contributed by atoms with Gasteiger partial charge in [-0.1, -0.05) is 0 Å². The Labute approximate surface area is 74.0 Å². The first-order valence-corrected chi connectivity index (χ1v) is 4.03. The van der Waals surface area contributed by atoms with Gasteiger partial charge in [0.25, 0.3) is 5.91 Å². The van der Waals surface area contributed by atoms with Crippen LogP contribution in [0.15, 0.2) is 0 Å². The Bertz CT molecular complexity index is 280. The third-order valence-corrected chi connectivity index (χ3v) is 2.76. The van der Waals surface area contributed by atoms with Crippen LogP contribution in [0.1, 0.15) is 12.8 Å². The minimum Gasteiger partial charge on any atom is -0.480 e. The molecule has 2 aliphatic rings. The van der Waals surface area contributed by atoms with Gasteiger partial charge >= 0.3 is 5.97 Å². The van der Waals surface area contributed by atoms with E-state index in [-0.39, 0.29) is 12.5 Å². The first-order valence-electron chi connectivity index (χ1n) is 4.03. The van der Waals surface area contributed by atoms with Gasteiger partial charge in [0.15, 0.2) is 0 Å². The lowest BCUT2D eigenvalue weighted by Crippen LogP contribution is -2.54. The van der Waals surface area contributed by atoms with E-state index in [2.05, 4.69) is 5.48 Å². The van der Waals surface area contributed by atoms with Gasteiger partial charge in [0.05, 0.1) is 12.0 Å². The van der Waals surface area contributed by atoms with Gasteiger partial charge in [-0.3, -0.25) is 14.4 Å². The predicted molar refractivity (Wildman–Crippen MR) is 40.3 cm³/mol. The van der Waals surface area contributed by atoms with Gasteiger partial charge in [-0.05, 0) is 12.8 Å². The molecule has 0 aromatic rings. The molecule has 2 rings (SSSR count). The zero-order chi connectivity index (χ0) is 9.64. The van der Waals surface area contributed by atoms with Gasteiger partial charge in [-0.25, -0.2) is 5.48 Å². The molecule has 3 atom stereocenters. The second-order valence-corrected chi connectivity index (χ2v) is 3.48. The molecule has 1 saturated carbocycles. The highest BCUT2D eigenvalue weighted by Gasteiger charge is 2.58. The zero-order valence-electron chi connectivity index (χ0n) is 6.82. The molecule has 6 heteroatoms. The van der Waals surface area contributed by atoms with Crippen molar-refractivity contribution in [1.82, 2.24) is 5.48 Å². The van der Waals surface area contributed by atoms with Crippen LogP contribution in [0.4, 0.5) is 0 Å². The fourth-order valence-corrected chi connectivity index (χ4v) is 2.00. The van der Waals surface area contributed by atoms with Gasteiger partial charge in [0.2, 0.25) is 0 Å². The summed E-state index contributed by atoms with van der Waals surface area (Å²) in [5, 5.41) is 8.88. The summed E-state index contributed by atoms with van der Waals surface area (Å²) in [4.78, 5) is 26.9. The van der Waals surface area contributed by atoms with Gasteiger partial charge in [-0.2, -0.15) is 0 Å². The van der Waals surface area contributed by atoms with Gasteiger partial charge in [0, 0.05) is 0 Å². The number of hydroxylamine groups is 1. The normalized spacial score (nSPS) is 43.0. The highest BCUT2D eigenvalue weighted by Crippen LogP contribution is 2.38. The topological polar surface area (TPSA) is 102 Å². The number of aliphatic carboxylic acids is 1. The summed E-state index contributed by atoms with van der Waals surface area (Å²) in [6.07, 6.45) is 0.408. The van der Waals surface area contributed by atoms with Crippen LogP contribution in [0.5, 0.6) is 0 Å². The Morgan fingerprint density at radius 3 is 3.08 bits per heavy atom. The van der Waals surface area contributed by atoms with Crippen LogP contribution in [0, 0.1) is 5.92 Å². The van der Waals surface area contributed by atoms with E-state index < -0.39 is 23.3 Å². The SMILES string of the molecule is NC1(C(=O)O)CCC2ONC(=O)C21. The average molecular weight is 186 g/mol. The molecular weight excluding hydrogens is 176 g/mol. The predicted octanol–water partition coefficient (Wildman–Crippen LogP) is -1.39. The standard InChI is InChI=1S/C7H10N2O4/c8-7(6(11)12)2-1-3-4(7)5(10)9-13-3/h3-4H,1-2,8H2,(H,9,10)(H,11,12). The van der Waals surface area contributed by atoms with E-state index in [1.807, 2.05) is 0 Å². The minimum atomic E-state index is -1.45. The number of carboxylic acid groups (broad SMARTS) is 1. The minimum absolute atomic E-state index is 0.283. The smallest absolute Gasteiger partial charge is 0.324 e. The number of fused-ring (bicyclic) bond motifs is 1. The maximum absolute atomic E-state index is 11.2. The fraction of sp³-hybridized carbons (Fsp3) is 0.714. The molecule has 4 N–H and O–H groups in total. The van der Waals surface area contributed by atoms with E-state index >= 15 is 0 Å². The highest BCUT2D eigenvalue weighted by atomic mass is 16.7. The van der Waals surface area contributed by atoms with Crippen molar-refractivity contribution in [2.45, 2.75) is 24.5 Å². The molecule has 72 valence electrons. The summed E-state index contributed by atoms with van der Waals surface area (Å²) in [5.41, 5.74) is 6.33. The van der Waals surface area contributed by atoms with E-state index in [9.17, 15) is 9.59 Å². The van der Waals surface area contributed by atoms with Crippen molar-refractivity contribution in [2.24, 2.45) is 11.7 Å². The van der Waals surface area contributed by atoms with Crippen LogP contribution < -0.4 is 11.2 Å². The molecule has 2 fully saturated rings. The molecule has 1 aliphatic carbocycles. The summed E-state index contributed by atoms with van der Waals surface area (Å²) in [6, 6.07) is 0. The number of hydrogen-bond donors (Lipinski definition) is 3. The van der Waals surface area contributed by atoms with Gasteiger partial charge < -0.3 is 10.8 Å². The number of carboxylic acids is 1. The Balaban J connectivity index is 2.33. The van der Waals surface area contributed by atoms with Crippen LogP contribution in [0.3, 0.4) is 0 Å². The Kier molecular flexibility index (Phi) is 1.58. The number of rotatable bonds is 1. The Morgan fingerprint density at radius 2 is 2.46 bits per heavy atom. The van der Waals surface area contributed by atoms with Crippen molar-refractivity contribution in [3.63, 3.8) is 0 Å². The first kappa shape index (κ1) is 8.46. The second-order valence-electron chi connectivity index (χ2n) is 3.48. The van der Waals surface area contributed by atoms with E-state index in [1.54, 1.807) is 0 Å². The molecule has 0 bridgehead atoms. The van der Waals surface area contributed by atoms with E-state index in [4.69, 9.17) is 15.7 Å². The number of carbonyl (C=O) groups is 2. The highest BCUT2D eigenvalue weighted by molar-refractivity contribution is 5.91. The number of amides is 1. The summed E-state index contributed by atoms with van der Waals surface area (Å²) < 4.78 is 0. The second kappa shape index (κ2) is 2.43. The number of nitrogens with two attached hydrogens (primary N) is 1. The summed E-state index contributed by atoms with van der Waals surface area (Å²) in [7, 11) is 0. The largest absolute Gasteiger partial charge is 0.480 e. The molecule has 0 aromatic carbocycles. The van der Waals surface area contributed by atoms with Crippen molar-refractivity contribution in [3.8, 4) is 0 Å². The maximum Gasteiger partial charge on any atom is 0.324 e. The molecule has 1 saturated heterocycles. The van der Waals surface area contributed by atoms with Crippen molar-refractivity contribution >= 4 is 11.9 Å². The van der Waals surface area contributed by atoms with Crippen molar-refractivity contribution in [2.75, 3.05) is 0 Å². The van der Waals surface area contributed by atoms with Crippen LogP contribution in [0.2, 0.25) is 0 Å². The number of hydrogen-bond acceptors (Lipinski definition) is 4. The molecule has 0 aromatic heterocycles. The molecule has 1 amide bonds. The summed E-state index contributed by atoms with van der Waals surface area (Å²) in [5.74, 6) is -2.31. The molecule has 13 heavy (non-hydrogen) atoms. The van der Waals surface area contributed by atoms with Crippen molar-refractivity contribution in [3.05, 3.63) is 0 Å². The van der Waals surface area contributed by atoms with Gasteiger partial charge in [0.1, 0.15) is 5.54 Å². The molecule has 1 aliphatic heterocycles. The molecule has 6 nitrogen and oxygen atoms in total. The van der Waals surface area contributed by atoms with Crippen LogP contribution in [0.25, 0.3) is 0 Å². The number of carbonyl (C=O) groups excluding carboxylic acids is 1. The lowest BCUT2D eigenvalue weighted by Gasteiger charge is -2.22. The molecule has 3 unspecified atom stereocenters. The quantitative estimate of drug-likeness (QED) is 0.468. The van der Waals surface area contributed by atoms with Crippen LogP contribution in [-0.2, 0) is 14.4 Å². The van der Waals surface area contributed by atoms with Crippen molar-refractivity contribution in [1.29, 1.82) is 0 Å². The van der Waals surface area contributed by atoms with Crippen LogP contribution in [-0.4, -0.2) is 28.6 Å². The van der Waals surface area contributed by atoms with E-state index in [0.29, 0.717) is 6.42 Å². The average Bonchev–Trinajstić information content (AvgIpc) is 2.57. The summed E-state index contributed by atoms with van der Waals surface area (Å²) in [6.45, 7) is 0. The van der Waals surface area contributed by atoms with Crippen LogP contribution >= 0.6 is 0 Å². The monoisotopic (exact) mass is 186 g/mol. The Morgan fingerprint density at radius 1 is 1.77 bits per heavy atom. The first-order chi connectivity index (χ1) is 6.05. The zero-order valence-corrected chi connectivity index (χ0v) is 6.82. The summed E-state index contributed by atoms with van der Waals surface area (Å²) >= 11 is 0. The molecule has 0 spiro atoms. The molecular formula is C7H10N2O4. The third kappa shape index (κ3) is 0.956. The lowest BCUT2D eigenvalue weighted by atomic mass is 9.87.